The molecule has 16 heavy (non-hydrogen) atoms. The summed E-state index contributed by atoms with van der Waals surface area (Å²) in [6, 6.07) is 0. The lowest BCUT2D eigenvalue weighted by Gasteiger charge is -2.23. The summed E-state index contributed by atoms with van der Waals surface area (Å²) in [5.74, 6) is 0.969. The smallest absolute Gasteiger partial charge is 0.214 e. The molecule has 2 saturated heterocycles. The van der Waals surface area contributed by atoms with E-state index in [0.717, 1.165) is 58.3 Å². The summed E-state index contributed by atoms with van der Waals surface area (Å²) in [5.41, 5.74) is 0. The van der Waals surface area contributed by atoms with Crippen LogP contribution in [0.5, 0.6) is 0 Å². The van der Waals surface area contributed by atoms with Crippen LogP contribution in [0.2, 0.25) is 0 Å². The van der Waals surface area contributed by atoms with Crippen LogP contribution in [0, 0.1) is 5.92 Å². The monoisotopic (exact) mass is 246 g/mol. The molecule has 0 radical (unpaired) electrons. The second kappa shape index (κ2) is 5.47. The highest BCUT2D eigenvalue weighted by atomic mass is 32.2. The maximum atomic E-state index is 12.0. The molecule has 0 amide bonds. The third-order valence-corrected chi connectivity index (χ3v) is 5.60. The minimum Gasteiger partial charge on any atom is -0.317 e. The lowest BCUT2D eigenvalue weighted by atomic mass is 9.96. The number of piperidine rings is 1. The highest BCUT2D eigenvalue weighted by Gasteiger charge is 2.26. The minimum atomic E-state index is -2.95. The molecule has 0 aromatic carbocycles. The Balaban J connectivity index is 1.79. The normalized spacial score (nSPS) is 25.0. The minimum absolute atomic E-state index is 0.359. The maximum Gasteiger partial charge on any atom is 0.214 e. The Morgan fingerprint density at radius 1 is 1.12 bits per heavy atom. The molecule has 0 unspecified atom stereocenters. The van der Waals surface area contributed by atoms with E-state index in [1.807, 2.05) is 0 Å². The van der Waals surface area contributed by atoms with E-state index in [9.17, 15) is 8.42 Å². The number of nitrogens with zero attached hydrogens (tertiary/aromatic N) is 1. The van der Waals surface area contributed by atoms with Gasteiger partial charge in [-0.05, 0) is 51.1 Å². The summed E-state index contributed by atoms with van der Waals surface area (Å²) in [5, 5.41) is 3.31. The molecular weight excluding hydrogens is 224 g/mol. The molecule has 0 aliphatic carbocycles. The van der Waals surface area contributed by atoms with Gasteiger partial charge in [-0.15, -0.1) is 0 Å². The van der Waals surface area contributed by atoms with E-state index in [-0.39, 0.29) is 0 Å². The molecule has 2 fully saturated rings. The highest BCUT2D eigenvalue weighted by Crippen LogP contribution is 2.19. The quantitative estimate of drug-likeness (QED) is 0.798. The van der Waals surface area contributed by atoms with Crippen LogP contribution in [0.15, 0.2) is 0 Å². The number of sulfonamides is 1. The Morgan fingerprint density at radius 2 is 1.75 bits per heavy atom. The van der Waals surface area contributed by atoms with Gasteiger partial charge >= 0.3 is 0 Å². The molecule has 2 aliphatic rings. The SMILES string of the molecule is O=S(=O)(CCC1CCNCC1)N1CCCC1. The molecule has 0 aromatic heterocycles. The largest absolute Gasteiger partial charge is 0.317 e. The third kappa shape index (κ3) is 3.18. The third-order valence-electron chi connectivity index (χ3n) is 3.70. The van der Waals surface area contributed by atoms with Gasteiger partial charge in [0.15, 0.2) is 0 Å². The van der Waals surface area contributed by atoms with Crippen LogP contribution in [0.3, 0.4) is 0 Å². The number of rotatable bonds is 4. The lowest BCUT2D eigenvalue weighted by Crippen LogP contribution is -2.33. The zero-order valence-corrected chi connectivity index (χ0v) is 10.6. The van der Waals surface area contributed by atoms with Crippen molar-refractivity contribution in [3.8, 4) is 0 Å². The number of hydrogen-bond donors (Lipinski definition) is 1. The molecule has 0 spiro atoms. The molecule has 94 valence electrons. The van der Waals surface area contributed by atoms with Gasteiger partial charge in [0.25, 0.3) is 0 Å². The van der Waals surface area contributed by atoms with E-state index in [1.54, 1.807) is 4.31 Å². The predicted molar refractivity (Wildman–Crippen MR) is 64.8 cm³/mol. The van der Waals surface area contributed by atoms with Crippen LogP contribution in [0.4, 0.5) is 0 Å². The van der Waals surface area contributed by atoms with Crippen molar-refractivity contribution in [3.05, 3.63) is 0 Å². The van der Waals surface area contributed by atoms with Crippen molar-refractivity contribution >= 4 is 10.0 Å². The number of hydrogen-bond acceptors (Lipinski definition) is 3. The van der Waals surface area contributed by atoms with Gasteiger partial charge in [0.2, 0.25) is 10.0 Å². The van der Waals surface area contributed by atoms with Gasteiger partial charge in [-0.1, -0.05) is 0 Å². The van der Waals surface area contributed by atoms with Gasteiger partial charge in [0, 0.05) is 13.1 Å². The first kappa shape index (κ1) is 12.3. The second-order valence-corrected chi connectivity index (χ2v) is 6.99. The topological polar surface area (TPSA) is 49.4 Å². The Hall–Kier alpha value is -0.130. The molecule has 0 atom stereocenters. The molecule has 0 bridgehead atoms. The highest BCUT2D eigenvalue weighted by molar-refractivity contribution is 7.89. The summed E-state index contributed by atoms with van der Waals surface area (Å²) in [6.07, 6.45) is 5.19. The van der Waals surface area contributed by atoms with E-state index in [0.29, 0.717) is 11.7 Å². The van der Waals surface area contributed by atoms with Crippen LogP contribution in [-0.2, 0) is 10.0 Å². The molecule has 2 heterocycles. The average molecular weight is 246 g/mol. The predicted octanol–water partition coefficient (Wildman–Crippen LogP) is 0.802. The van der Waals surface area contributed by atoms with E-state index in [1.165, 1.54) is 0 Å². The number of nitrogens with one attached hydrogen (secondary N) is 1. The fraction of sp³-hybridized carbons (Fsp3) is 1.00. The molecule has 2 rings (SSSR count). The zero-order chi connectivity index (χ0) is 11.4. The van der Waals surface area contributed by atoms with Crippen molar-refractivity contribution in [2.24, 2.45) is 5.92 Å². The van der Waals surface area contributed by atoms with Crippen LogP contribution in [0.25, 0.3) is 0 Å². The molecule has 0 aromatic rings. The molecule has 5 heteroatoms. The summed E-state index contributed by atoms with van der Waals surface area (Å²) in [7, 11) is -2.95. The van der Waals surface area contributed by atoms with E-state index in [4.69, 9.17) is 0 Å². The lowest BCUT2D eigenvalue weighted by molar-refractivity contribution is 0.362. The summed E-state index contributed by atoms with van der Waals surface area (Å²) in [4.78, 5) is 0. The fourth-order valence-electron chi connectivity index (χ4n) is 2.58. The molecule has 1 N–H and O–H groups in total. The standard InChI is InChI=1S/C11H22N2O2S/c14-16(15,13-8-1-2-9-13)10-5-11-3-6-12-7-4-11/h11-12H,1-10H2. The maximum absolute atomic E-state index is 12.0. The first-order chi connectivity index (χ1) is 7.68. The van der Waals surface area contributed by atoms with E-state index < -0.39 is 10.0 Å². The van der Waals surface area contributed by atoms with Crippen LogP contribution in [-0.4, -0.2) is 44.7 Å². The van der Waals surface area contributed by atoms with Crippen molar-refractivity contribution in [1.82, 2.24) is 9.62 Å². The fourth-order valence-corrected chi connectivity index (χ4v) is 4.29. The van der Waals surface area contributed by atoms with Crippen molar-refractivity contribution < 1.29 is 8.42 Å². The van der Waals surface area contributed by atoms with Gasteiger partial charge in [0.05, 0.1) is 5.75 Å². The average Bonchev–Trinajstić information content (AvgIpc) is 2.82. The Bertz CT molecular complexity index is 304. The molecular formula is C11H22N2O2S. The van der Waals surface area contributed by atoms with Crippen molar-refractivity contribution in [3.63, 3.8) is 0 Å². The Labute approximate surface area is 98.4 Å². The van der Waals surface area contributed by atoms with Crippen molar-refractivity contribution in [2.75, 3.05) is 31.9 Å². The Kier molecular flexibility index (Phi) is 4.21. The summed E-state index contributed by atoms with van der Waals surface area (Å²) in [6.45, 7) is 3.59. The Morgan fingerprint density at radius 3 is 2.38 bits per heavy atom. The zero-order valence-electron chi connectivity index (χ0n) is 9.82. The van der Waals surface area contributed by atoms with Gasteiger partial charge in [-0.25, -0.2) is 12.7 Å². The molecule has 4 nitrogen and oxygen atoms in total. The summed E-state index contributed by atoms with van der Waals surface area (Å²) >= 11 is 0. The van der Waals surface area contributed by atoms with E-state index in [2.05, 4.69) is 5.32 Å². The van der Waals surface area contributed by atoms with Crippen molar-refractivity contribution in [2.45, 2.75) is 32.1 Å². The summed E-state index contributed by atoms with van der Waals surface area (Å²) < 4.78 is 25.6. The van der Waals surface area contributed by atoms with Gasteiger partial charge in [0.1, 0.15) is 0 Å². The molecule has 0 saturated carbocycles. The van der Waals surface area contributed by atoms with Crippen LogP contribution in [0.1, 0.15) is 32.1 Å². The van der Waals surface area contributed by atoms with Crippen LogP contribution >= 0.6 is 0 Å². The second-order valence-electron chi connectivity index (χ2n) is 4.90. The first-order valence-electron chi connectivity index (χ1n) is 6.37. The first-order valence-corrected chi connectivity index (χ1v) is 7.98. The van der Waals surface area contributed by atoms with Crippen LogP contribution < -0.4 is 5.32 Å². The van der Waals surface area contributed by atoms with Gasteiger partial charge in [-0.2, -0.15) is 0 Å². The van der Waals surface area contributed by atoms with Gasteiger partial charge in [-0.3, -0.25) is 0 Å². The van der Waals surface area contributed by atoms with Crippen molar-refractivity contribution in [1.29, 1.82) is 0 Å². The van der Waals surface area contributed by atoms with E-state index >= 15 is 0 Å². The van der Waals surface area contributed by atoms with Gasteiger partial charge < -0.3 is 5.32 Å². The molecule has 2 aliphatic heterocycles.